The highest BCUT2D eigenvalue weighted by atomic mass is 79.9. The predicted octanol–water partition coefficient (Wildman–Crippen LogP) is 6.41. The Kier molecular flexibility index (Phi) is 5.11. The van der Waals surface area contributed by atoms with Gasteiger partial charge in [-0.15, -0.1) is 11.6 Å². The van der Waals surface area contributed by atoms with E-state index in [0.29, 0.717) is 11.8 Å². The summed E-state index contributed by atoms with van der Waals surface area (Å²) in [5, 5.41) is 0. The van der Waals surface area contributed by atoms with E-state index in [1.807, 2.05) is 31.2 Å². The number of alkyl halides is 1. The molecule has 2 rings (SSSR count). The topological polar surface area (TPSA) is 9.23 Å². The summed E-state index contributed by atoms with van der Waals surface area (Å²) < 4.78 is 7.16. The number of hydrogen-bond acceptors (Lipinski definition) is 1. The SMILES string of the molecule is Cc1cc(CCl)ccc1Oc1ccc(Br)cc1C(C)C. The van der Waals surface area contributed by atoms with Crippen LogP contribution in [0.3, 0.4) is 0 Å². The van der Waals surface area contributed by atoms with Crippen LogP contribution in [-0.4, -0.2) is 0 Å². The molecule has 0 aliphatic rings. The fourth-order valence-corrected chi connectivity index (χ4v) is 2.64. The summed E-state index contributed by atoms with van der Waals surface area (Å²) in [5.41, 5.74) is 3.40. The zero-order valence-corrected chi connectivity index (χ0v) is 14.3. The molecule has 0 amide bonds. The van der Waals surface area contributed by atoms with Crippen LogP contribution in [0.5, 0.6) is 11.5 Å². The third kappa shape index (κ3) is 3.56. The summed E-state index contributed by atoms with van der Waals surface area (Å²) in [6.45, 7) is 6.37. The zero-order valence-electron chi connectivity index (χ0n) is 11.9. The van der Waals surface area contributed by atoms with E-state index in [-0.39, 0.29) is 0 Å². The molecule has 0 saturated heterocycles. The lowest BCUT2D eigenvalue weighted by molar-refractivity contribution is 0.469. The van der Waals surface area contributed by atoms with Crippen LogP contribution in [0.25, 0.3) is 0 Å². The van der Waals surface area contributed by atoms with Gasteiger partial charge >= 0.3 is 0 Å². The van der Waals surface area contributed by atoms with Crippen molar-refractivity contribution >= 4 is 27.5 Å². The van der Waals surface area contributed by atoms with Gasteiger partial charge in [0.1, 0.15) is 11.5 Å². The van der Waals surface area contributed by atoms with Crippen LogP contribution in [0, 0.1) is 6.92 Å². The summed E-state index contributed by atoms with van der Waals surface area (Å²) in [7, 11) is 0. The van der Waals surface area contributed by atoms with Crippen LogP contribution in [0.4, 0.5) is 0 Å². The molecule has 0 aliphatic carbocycles. The van der Waals surface area contributed by atoms with E-state index in [4.69, 9.17) is 16.3 Å². The van der Waals surface area contributed by atoms with Gasteiger partial charge in [-0.2, -0.15) is 0 Å². The molecular weight excluding hydrogens is 336 g/mol. The van der Waals surface area contributed by atoms with Crippen LogP contribution in [0.15, 0.2) is 40.9 Å². The fourth-order valence-electron chi connectivity index (χ4n) is 2.09. The zero-order chi connectivity index (χ0) is 14.7. The predicted molar refractivity (Wildman–Crippen MR) is 89.0 cm³/mol. The molecule has 0 saturated carbocycles. The van der Waals surface area contributed by atoms with Crippen molar-refractivity contribution in [2.24, 2.45) is 0 Å². The average molecular weight is 354 g/mol. The number of hydrogen-bond donors (Lipinski definition) is 0. The van der Waals surface area contributed by atoms with E-state index in [9.17, 15) is 0 Å². The second-order valence-corrected chi connectivity index (χ2v) is 6.36. The Morgan fingerprint density at radius 1 is 1.10 bits per heavy atom. The van der Waals surface area contributed by atoms with E-state index < -0.39 is 0 Å². The molecule has 0 N–H and O–H groups in total. The molecule has 1 nitrogen and oxygen atoms in total. The van der Waals surface area contributed by atoms with Crippen LogP contribution in [-0.2, 0) is 5.88 Å². The number of rotatable bonds is 4. The minimum absolute atomic E-state index is 0.407. The van der Waals surface area contributed by atoms with Crippen molar-refractivity contribution in [1.29, 1.82) is 0 Å². The Bertz CT molecular complexity index is 608. The van der Waals surface area contributed by atoms with Crippen molar-refractivity contribution in [1.82, 2.24) is 0 Å². The first-order valence-electron chi connectivity index (χ1n) is 6.64. The molecule has 0 radical (unpaired) electrons. The van der Waals surface area contributed by atoms with Gasteiger partial charge in [0.15, 0.2) is 0 Å². The summed E-state index contributed by atoms with van der Waals surface area (Å²) in [5.74, 6) is 2.72. The van der Waals surface area contributed by atoms with E-state index in [0.717, 1.165) is 27.1 Å². The molecule has 0 aliphatic heterocycles. The first kappa shape index (κ1) is 15.4. The summed E-state index contributed by atoms with van der Waals surface area (Å²) in [6.07, 6.45) is 0. The standard InChI is InChI=1S/C17H18BrClO/c1-11(2)15-9-14(18)5-7-17(15)20-16-6-4-13(10-19)8-12(16)3/h4-9,11H,10H2,1-3H3. The van der Waals surface area contributed by atoms with E-state index in [1.54, 1.807) is 0 Å². The first-order chi connectivity index (χ1) is 9.51. The van der Waals surface area contributed by atoms with Gasteiger partial charge in [-0.1, -0.05) is 41.9 Å². The molecule has 20 heavy (non-hydrogen) atoms. The van der Waals surface area contributed by atoms with Crippen molar-refractivity contribution in [2.75, 3.05) is 0 Å². The van der Waals surface area contributed by atoms with Gasteiger partial charge in [-0.3, -0.25) is 0 Å². The van der Waals surface area contributed by atoms with Gasteiger partial charge in [0.2, 0.25) is 0 Å². The largest absolute Gasteiger partial charge is 0.457 e. The molecule has 0 unspecified atom stereocenters. The van der Waals surface area contributed by atoms with Crippen LogP contribution in [0.2, 0.25) is 0 Å². The Labute approximate surface area is 134 Å². The van der Waals surface area contributed by atoms with Gasteiger partial charge in [-0.25, -0.2) is 0 Å². The normalized spacial score (nSPS) is 10.9. The monoisotopic (exact) mass is 352 g/mol. The average Bonchev–Trinajstić information content (AvgIpc) is 2.42. The third-order valence-electron chi connectivity index (χ3n) is 3.21. The van der Waals surface area contributed by atoms with Gasteiger partial charge in [0.25, 0.3) is 0 Å². The highest BCUT2D eigenvalue weighted by Crippen LogP contribution is 2.34. The van der Waals surface area contributed by atoms with E-state index >= 15 is 0 Å². The highest BCUT2D eigenvalue weighted by molar-refractivity contribution is 9.10. The third-order valence-corrected chi connectivity index (χ3v) is 4.01. The molecule has 0 aromatic heterocycles. The molecule has 106 valence electrons. The van der Waals surface area contributed by atoms with Crippen molar-refractivity contribution in [2.45, 2.75) is 32.6 Å². The first-order valence-corrected chi connectivity index (χ1v) is 7.97. The molecule has 3 heteroatoms. The lowest BCUT2D eigenvalue weighted by Gasteiger charge is -2.16. The summed E-state index contributed by atoms with van der Waals surface area (Å²) in [4.78, 5) is 0. The molecular formula is C17H18BrClO. The van der Waals surface area contributed by atoms with Crippen LogP contribution >= 0.6 is 27.5 Å². The number of halogens is 2. The lowest BCUT2D eigenvalue weighted by atomic mass is 10.0. The minimum atomic E-state index is 0.407. The quantitative estimate of drug-likeness (QED) is 0.577. The van der Waals surface area contributed by atoms with Crippen molar-refractivity contribution in [3.63, 3.8) is 0 Å². The maximum atomic E-state index is 6.09. The second kappa shape index (κ2) is 6.64. The van der Waals surface area contributed by atoms with Gasteiger partial charge < -0.3 is 4.74 Å². The van der Waals surface area contributed by atoms with Gasteiger partial charge in [-0.05, 0) is 53.8 Å². The Balaban J connectivity index is 2.35. The van der Waals surface area contributed by atoms with Gasteiger partial charge in [0.05, 0.1) is 0 Å². The van der Waals surface area contributed by atoms with Crippen molar-refractivity contribution in [3.8, 4) is 11.5 Å². The number of benzene rings is 2. The number of aryl methyl sites for hydroxylation is 1. The lowest BCUT2D eigenvalue weighted by Crippen LogP contribution is -1.95. The van der Waals surface area contributed by atoms with Crippen LogP contribution < -0.4 is 4.74 Å². The molecule has 0 heterocycles. The maximum absolute atomic E-state index is 6.09. The molecule has 0 bridgehead atoms. The number of ether oxygens (including phenoxy) is 1. The molecule has 0 fully saturated rings. The van der Waals surface area contributed by atoms with E-state index in [2.05, 4.69) is 41.9 Å². The molecule has 0 spiro atoms. The van der Waals surface area contributed by atoms with Crippen molar-refractivity contribution < 1.29 is 4.74 Å². The summed E-state index contributed by atoms with van der Waals surface area (Å²) in [6, 6.07) is 12.2. The molecule has 0 atom stereocenters. The summed E-state index contributed by atoms with van der Waals surface area (Å²) >= 11 is 9.36. The molecule has 2 aromatic carbocycles. The highest BCUT2D eigenvalue weighted by Gasteiger charge is 2.11. The van der Waals surface area contributed by atoms with Gasteiger partial charge in [0, 0.05) is 10.4 Å². The van der Waals surface area contributed by atoms with Crippen molar-refractivity contribution in [3.05, 3.63) is 57.6 Å². The Morgan fingerprint density at radius 3 is 2.40 bits per heavy atom. The molecule has 2 aromatic rings. The smallest absolute Gasteiger partial charge is 0.130 e. The fraction of sp³-hybridized carbons (Fsp3) is 0.294. The maximum Gasteiger partial charge on any atom is 0.130 e. The van der Waals surface area contributed by atoms with Crippen LogP contribution in [0.1, 0.15) is 36.5 Å². The Morgan fingerprint density at radius 2 is 1.80 bits per heavy atom. The minimum Gasteiger partial charge on any atom is -0.457 e. The van der Waals surface area contributed by atoms with E-state index in [1.165, 1.54) is 5.56 Å². The Hall–Kier alpha value is -0.990. The second-order valence-electron chi connectivity index (χ2n) is 5.17.